The average Bonchev–Trinajstić information content (AvgIpc) is 3.20. The zero-order chi connectivity index (χ0) is 20.3. The van der Waals surface area contributed by atoms with Gasteiger partial charge in [-0.25, -0.2) is 13.4 Å². The van der Waals surface area contributed by atoms with E-state index in [1.165, 1.54) is 11.3 Å². The Bertz CT molecular complexity index is 1230. The van der Waals surface area contributed by atoms with Gasteiger partial charge in [0.15, 0.2) is 5.13 Å². The van der Waals surface area contributed by atoms with Crippen molar-refractivity contribution in [2.75, 3.05) is 11.3 Å². The lowest BCUT2D eigenvalue weighted by Gasteiger charge is -2.07. The molecule has 0 atom stereocenters. The molecule has 29 heavy (non-hydrogen) atoms. The highest BCUT2D eigenvalue weighted by molar-refractivity contribution is 7.93. The Balaban J connectivity index is 1.53. The first-order valence-corrected chi connectivity index (χ1v) is 11.6. The van der Waals surface area contributed by atoms with Gasteiger partial charge in [-0.1, -0.05) is 37.3 Å². The second-order valence-electron chi connectivity index (χ2n) is 6.53. The topological polar surface area (TPSA) is 68.3 Å². The molecule has 3 aromatic carbocycles. The third-order valence-electron chi connectivity index (χ3n) is 4.38. The predicted molar refractivity (Wildman–Crippen MR) is 118 cm³/mol. The normalized spacial score (nSPS) is 11.5. The van der Waals surface area contributed by atoms with Crippen molar-refractivity contribution in [3.05, 3.63) is 72.1 Å². The summed E-state index contributed by atoms with van der Waals surface area (Å²) in [5, 5.41) is 4.04. The zero-order valence-corrected chi connectivity index (χ0v) is 17.5. The second kappa shape index (κ2) is 8.23. The van der Waals surface area contributed by atoms with Crippen LogP contribution in [0.15, 0.2) is 77.0 Å². The SMILES string of the molecule is CCCOc1ccc(-c2csc(NS(=O)(=O)c3ccc4ccccc4c3)n2)cc1. The van der Waals surface area contributed by atoms with E-state index in [9.17, 15) is 8.42 Å². The van der Waals surface area contributed by atoms with E-state index in [2.05, 4.69) is 16.6 Å². The van der Waals surface area contributed by atoms with Gasteiger partial charge < -0.3 is 4.74 Å². The maximum absolute atomic E-state index is 12.8. The van der Waals surface area contributed by atoms with Gasteiger partial charge in [-0.3, -0.25) is 4.72 Å². The largest absolute Gasteiger partial charge is 0.494 e. The van der Waals surface area contributed by atoms with E-state index < -0.39 is 10.0 Å². The van der Waals surface area contributed by atoms with Gasteiger partial charge in [-0.15, -0.1) is 11.3 Å². The molecule has 1 aromatic heterocycles. The fourth-order valence-electron chi connectivity index (χ4n) is 2.90. The minimum absolute atomic E-state index is 0.213. The number of fused-ring (bicyclic) bond motifs is 1. The molecule has 4 aromatic rings. The molecular weight excluding hydrogens is 404 g/mol. The molecular formula is C22H20N2O3S2. The van der Waals surface area contributed by atoms with Gasteiger partial charge >= 0.3 is 0 Å². The molecule has 0 saturated heterocycles. The van der Waals surface area contributed by atoms with Crippen LogP contribution in [0.3, 0.4) is 0 Å². The summed E-state index contributed by atoms with van der Waals surface area (Å²) >= 11 is 1.25. The molecule has 5 nitrogen and oxygen atoms in total. The number of nitrogens with one attached hydrogen (secondary N) is 1. The average molecular weight is 425 g/mol. The van der Waals surface area contributed by atoms with Gasteiger partial charge in [-0.2, -0.15) is 0 Å². The summed E-state index contributed by atoms with van der Waals surface area (Å²) in [6, 6.07) is 20.4. The lowest BCUT2D eigenvalue weighted by Crippen LogP contribution is -2.12. The summed E-state index contributed by atoms with van der Waals surface area (Å²) in [6.07, 6.45) is 0.953. The first-order valence-electron chi connectivity index (χ1n) is 9.25. The van der Waals surface area contributed by atoms with Crippen LogP contribution in [0, 0.1) is 0 Å². The van der Waals surface area contributed by atoms with Crippen molar-refractivity contribution in [1.82, 2.24) is 4.98 Å². The van der Waals surface area contributed by atoms with E-state index in [4.69, 9.17) is 4.74 Å². The lowest BCUT2D eigenvalue weighted by molar-refractivity contribution is 0.317. The number of rotatable bonds is 7. The molecule has 148 valence electrons. The Morgan fingerprint density at radius 3 is 2.52 bits per heavy atom. The van der Waals surface area contributed by atoms with Crippen molar-refractivity contribution in [3.8, 4) is 17.0 Å². The molecule has 0 bridgehead atoms. The number of thiazole rings is 1. The van der Waals surface area contributed by atoms with Crippen LogP contribution in [-0.2, 0) is 10.0 Å². The minimum atomic E-state index is -3.71. The summed E-state index contributed by atoms with van der Waals surface area (Å²) in [5.74, 6) is 0.808. The van der Waals surface area contributed by atoms with E-state index in [-0.39, 0.29) is 4.90 Å². The number of hydrogen-bond acceptors (Lipinski definition) is 5. The summed E-state index contributed by atoms with van der Waals surface area (Å²) in [6.45, 7) is 2.74. The van der Waals surface area contributed by atoms with Crippen molar-refractivity contribution >= 4 is 37.3 Å². The van der Waals surface area contributed by atoms with Crippen molar-refractivity contribution in [2.45, 2.75) is 18.2 Å². The lowest BCUT2D eigenvalue weighted by atomic mass is 10.1. The van der Waals surface area contributed by atoms with Gasteiger partial charge in [0.25, 0.3) is 10.0 Å². The second-order valence-corrected chi connectivity index (χ2v) is 9.07. The molecule has 1 N–H and O–H groups in total. The van der Waals surface area contributed by atoms with Crippen LogP contribution in [0.5, 0.6) is 5.75 Å². The number of benzene rings is 3. The van der Waals surface area contributed by atoms with E-state index in [0.717, 1.165) is 28.5 Å². The summed E-state index contributed by atoms with van der Waals surface area (Å²) < 4.78 is 33.7. The van der Waals surface area contributed by atoms with Crippen LogP contribution in [0.1, 0.15) is 13.3 Å². The van der Waals surface area contributed by atoms with Crippen molar-refractivity contribution in [2.24, 2.45) is 0 Å². The van der Waals surface area contributed by atoms with E-state index >= 15 is 0 Å². The smallest absolute Gasteiger partial charge is 0.263 e. The Kier molecular flexibility index (Phi) is 5.51. The Morgan fingerprint density at radius 2 is 1.76 bits per heavy atom. The third-order valence-corrected chi connectivity index (χ3v) is 6.60. The van der Waals surface area contributed by atoms with Gasteiger partial charge in [0, 0.05) is 10.9 Å². The van der Waals surface area contributed by atoms with E-state index in [1.54, 1.807) is 18.2 Å². The molecule has 0 saturated carbocycles. The molecule has 0 aliphatic heterocycles. The molecule has 0 unspecified atom stereocenters. The highest BCUT2D eigenvalue weighted by Gasteiger charge is 2.17. The van der Waals surface area contributed by atoms with Crippen LogP contribution in [0.25, 0.3) is 22.0 Å². The first-order chi connectivity index (χ1) is 14.0. The van der Waals surface area contributed by atoms with Crippen molar-refractivity contribution in [3.63, 3.8) is 0 Å². The minimum Gasteiger partial charge on any atom is -0.494 e. The monoisotopic (exact) mass is 424 g/mol. The van der Waals surface area contributed by atoms with Gasteiger partial charge in [-0.05, 0) is 53.6 Å². The molecule has 0 fully saturated rings. The highest BCUT2D eigenvalue weighted by Crippen LogP contribution is 2.28. The summed E-state index contributed by atoms with van der Waals surface area (Å²) in [7, 11) is -3.71. The van der Waals surface area contributed by atoms with Gasteiger partial charge in [0.2, 0.25) is 0 Å². The molecule has 0 spiro atoms. The van der Waals surface area contributed by atoms with Crippen molar-refractivity contribution in [1.29, 1.82) is 0 Å². The Hall–Kier alpha value is -2.90. The number of ether oxygens (including phenoxy) is 1. The quantitative estimate of drug-likeness (QED) is 0.422. The molecule has 7 heteroatoms. The third kappa shape index (κ3) is 4.41. The maximum atomic E-state index is 12.8. The van der Waals surface area contributed by atoms with Crippen LogP contribution < -0.4 is 9.46 Å². The molecule has 1 heterocycles. The van der Waals surface area contributed by atoms with Crippen LogP contribution in [0.2, 0.25) is 0 Å². The number of aromatic nitrogens is 1. The summed E-state index contributed by atoms with van der Waals surface area (Å²) in [5.41, 5.74) is 1.62. The van der Waals surface area contributed by atoms with Gasteiger partial charge in [0.05, 0.1) is 17.2 Å². The number of sulfonamides is 1. The van der Waals surface area contributed by atoms with E-state index in [1.807, 2.05) is 53.9 Å². The molecule has 0 aliphatic rings. The van der Waals surface area contributed by atoms with Crippen molar-refractivity contribution < 1.29 is 13.2 Å². The first kappa shape index (κ1) is 19.4. The fraction of sp³-hybridized carbons (Fsp3) is 0.136. The Labute approximate surface area is 174 Å². The van der Waals surface area contributed by atoms with Crippen LogP contribution >= 0.6 is 11.3 Å². The zero-order valence-electron chi connectivity index (χ0n) is 15.8. The summed E-state index contributed by atoms with van der Waals surface area (Å²) in [4.78, 5) is 4.65. The standard InChI is InChI=1S/C22H20N2O3S2/c1-2-13-27-19-10-7-17(8-11-19)21-15-28-22(23-21)24-29(25,26)20-12-9-16-5-3-4-6-18(16)14-20/h3-12,14-15H,2,13H2,1H3,(H,23,24). The molecule has 4 rings (SSSR count). The maximum Gasteiger partial charge on any atom is 0.263 e. The number of nitrogens with zero attached hydrogens (tertiary/aromatic N) is 1. The molecule has 0 radical (unpaired) electrons. The number of hydrogen-bond donors (Lipinski definition) is 1. The van der Waals surface area contributed by atoms with Gasteiger partial charge in [0.1, 0.15) is 5.75 Å². The number of anilines is 1. The van der Waals surface area contributed by atoms with Crippen LogP contribution in [-0.4, -0.2) is 20.0 Å². The van der Waals surface area contributed by atoms with E-state index in [0.29, 0.717) is 17.4 Å². The predicted octanol–water partition coefficient (Wildman–Crippen LogP) is 5.55. The fourth-order valence-corrected chi connectivity index (χ4v) is 4.91. The molecule has 0 aliphatic carbocycles. The van der Waals surface area contributed by atoms with Crippen LogP contribution in [0.4, 0.5) is 5.13 Å². The Morgan fingerprint density at radius 1 is 1.00 bits per heavy atom. The highest BCUT2D eigenvalue weighted by atomic mass is 32.2. The molecule has 0 amide bonds.